The van der Waals surface area contributed by atoms with Gasteiger partial charge in [0.2, 0.25) is 11.9 Å². The van der Waals surface area contributed by atoms with Crippen LogP contribution in [0.15, 0.2) is 98.5 Å². The second kappa shape index (κ2) is 11.1. The molecule has 0 radical (unpaired) electrons. The maximum absolute atomic E-state index is 9.29. The average molecular weight is 568 g/mol. The zero-order valence-electron chi connectivity index (χ0n) is 25.1. The van der Waals surface area contributed by atoms with E-state index >= 15 is 0 Å². The van der Waals surface area contributed by atoms with E-state index in [9.17, 15) is 5.26 Å². The third-order valence-corrected chi connectivity index (χ3v) is 7.67. The zero-order valence-corrected chi connectivity index (χ0v) is 25.1. The van der Waals surface area contributed by atoms with Crippen molar-refractivity contribution in [3.05, 3.63) is 106 Å². The molecule has 0 atom stereocenters. The fourth-order valence-corrected chi connectivity index (χ4v) is 5.21. The number of allylic oxidation sites excluding steroid dienone is 2. The van der Waals surface area contributed by atoms with Crippen molar-refractivity contribution >= 4 is 46.2 Å². The fraction of sp³-hybridized carbons (Fsp3) is 0.206. The van der Waals surface area contributed by atoms with Crippen LogP contribution in [0.2, 0.25) is 0 Å². The molecule has 3 aliphatic rings. The number of hydrogen-bond acceptors (Lipinski definition) is 9. The first-order valence-electron chi connectivity index (χ1n) is 14.2. The first kappa shape index (κ1) is 27.7. The number of amidine groups is 1. The van der Waals surface area contributed by atoms with Crippen molar-refractivity contribution in [1.82, 2.24) is 4.90 Å². The van der Waals surface area contributed by atoms with Gasteiger partial charge in [-0.3, -0.25) is 0 Å². The van der Waals surface area contributed by atoms with Crippen LogP contribution >= 0.6 is 0 Å². The van der Waals surface area contributed by atoms with Gasteiger partial charge in [-0.25, -0.2) is 14.9 Å². The summed E-state index contributed by atoms with van der Waals surface area (Å²) in [6.45, 7) is 4.37. The van der Waals surface area contributed by atoms with Crippen LogP contribution in [0.25, 0.3) is 5.70 Å². The normalized spacial score (nSPS) is 15.3. The molecule has 3 heterocycles. The molecule has 0 fully saturated rings. The smallest absolute Gasteiger partial charge is 0.239 e. The number of hydrogen-bond donors (Lipinski definition) is 2. The quantitative estimate of drug-likeness (QED) is 0.362. The molecule has 3 aliphatic heterocycles. The first-order valence-corrected chi connectivity index (χ1v) is 14.2. The Labute approximate surface area is 252 Å². The van der Waals surface area contributed by atoms with Crippen LogP contribution < -0.4 is 15.5 Å². The van der Waals surface area contributed by atoms with Gasteiger partial charge in [0.05, 0.1) is 28.7 Å². The summed E-state index contributed by atoms with van der Waals surface area (Å²) in [5, 5.41) is 16.0. The molecule has 0 saturated carbocycles. The molecule has 2 N–H and O–H groups in total. The number of nitrogens with one attached hydrogen (secondary N) is 2. The van der Waals surface area contributed by atoms with E-state index < -0.39 is 0 Å². The van der Waals surface area contributed by atoms with Crippen LogP contribution in [0.3, 0.4) is 0 Å². The van der Waals surface area contributed by atoms with E-state index in [1.807, 2.05) is 45.2 Å². The lowest BCUT2D eigenvalue weighted by Gasteiger charge is -2.33. The molecular weight excluding hydrogens is 534 g/mol. The van der Waals surface area contributed by atoms with Crippen LogP contribution in [0.4, 0.5) is 17.1 Å². The zero-order chi connectivity index (χ0) is 30.2. The number of anilines is 3. The summed E-state index contributed by atoms with van der Waals surface area (Å²) in [5.41, 5.74) is 10.0. The van der Waals surface area contributed by atoms with E-state index in [0.717, 1.165) is 50.9 Å². The molecule has 214 valence electrons. The molecule has 0 amide bonds. The first-order chi connectivity index (χ1) is 20.8. The Balaban J connectivity index is 1.54. The van der Waals surface area contributed by atoms with Crippen LogP contribution in [0.1, 0.15) is 47.6 Å². The summed E-state index contributed by atoms with van der Waals surface area (Å²) in [4.78, 5) is 23.8. The minimum absolute atomic E-state index is 0.403. The van der Waals surface area contributed by atoms with Gasteiger partial charge in [-0.1, -0.05) is 26.0 Å². The second-order valence-corrected chi connectivity index (χ2v) is 11.0. The van der Waals surface area contributed by atoms with Gasteiger partial charge < -0.3 is 15.5 Å². The standard InChI is InChI=1S/C34H33N9/c1-20(2)23-11-13-26(28(15-23)36-3)30-17-25-18-31(27-14-12-24(42(5)6)16-29(27)37-4)39-34-41-32(40-33(38-30)43(25)34)22-9-7-21(19-35)8-10-22/h7-18,20,36-37H,1-6H3. The molecule has 43 heavy (non-hydrogen) atoms. The van der Waals surface area contributed by atoms with E-state index in [-0.39, 0.29) is 0 Å². The molecule has 6 rings (SSSR count). The summed E-state index contributed by atoms with van der Waals surface area (Å²) in [6.07, 6.45) is 4.12. The third-order valence-electron chi connectivity index (χ3n) is 7.67. The van der Waals surface area contributed by atoms with Gasteiger partial charge in [0.25, 0.3) is 0 Å². The number of guanidine groups is 2. The molecule has 0 bridgehead atoms. The van der Waals surface area contributed by atoms with Crippen LogP contribution in [0, 0.1) is 11.3 Å². The van der Waals surface area contributed by atoms with E-state index in [1.54, 1.807) is 12.1 Å². The largest absolute Gasteiger partial charge is 0.388 e. The van der Waals surface area contributed by atoms with E-state index in [2.05, 4.69) is 84.0 Å². The van der Waals surface area contributed by atoms with Gasteiger partial charge in [-0.05, 0) is 72.2 Å². The Bertz CT molecular complexity index is 1790. The molecule has 0 spiro atoms. The molecule has 3 aromatic rings. The SMILES string of the molecule is CNc1cc(N(C)C)ccc1C1=CC2=CC(c3ccc(C(C)C)cc3NC)=NC3=NC(c4ccc(C#N)cc4)=NC(=N1)N23. The number of aliphatic imine (C=N–C) groups is 4. The monoisotopic (exact) mass is 567 g/mol. The van der Waals surface area contributed by atoms with E-state index in [4.69, 9.17) is 20.0 Å². The highest BCUT2D eigenvalue weighted by Crippen LogP contribution is 2.36. The third kappa shape index (κ3) is 5.08. The minimum Gasteiger partial charge on any atom is -0.388 e. The van der Waals surface area contributed by atoms with Crippen molar-refractivity contribution in [1.29, 1.82) is 5.26 Å². The van der Waals surface area contributed by atoms with Gasteiger partial charge in [0.15, 0.2) is 5.84 Å². The van der Waals surface area contributed by atoms with Crippen molar-refractivity contribution < 1.29 is 0 Å². The van der Waals surface area contributed by atoms with Gasteiger partial charge >= 0.3 is 0 Å². The Kier molecular flexibility index (Phi) is 7.12. The second-order valence-electron chi connectivity index (χ2n) is 11.0. The predicted octanol–water partition coefficient (Wildman–Crippen LogP) is 6.05. The molecule has 0 aromatic heterocycles. The van der Waals surface area contributed by atoms with Crippen molar-refractivity contribution in [2.24, 2.45) is 20.0 Å². The summed E-state index contributed by atoms with van der Waals surface area (Å²) < 4.78 is 0. The molecule has 0 saturated heterocycles. The molecule has 0 unspecified atom stereocenters. The van der Waals surface area contributed by atoms with E-state index in [1.165, 1.54) is 5.56 Å². The van der Waals surface area contributed by atoms with Crippen molar-refractivity contribution in [2.75, 3.05) is 43.7 Å². The maximum atomic E-state index is 9.29. The van der Waals surface area contributed by atoms with Crippen molar-refractivity contribution in [2.45, 2.75) is 19.8 Å². The van der Waals surface area contributed by atoms with Gasteiger partial charge in [-0.2, -0.15) is 15.2 Å². The van der Waals surface area contributed by atoms with Gasteiger partial charge in [0.1, 0.15) is 0 Å². The highest BCUT2D eigenvalue weighted by Gasteiger charge is 2.34. The summed E-state index contributed by atoms with van der Waals surface area (Å²) in [7, 11) is 7.89. The highest BCUT2D eigenvalue weighted by atomic mass is 15.4. The molecule has 0 aliphatic carbocycles. The average Bonchev–Trinajstić information content (AvgIpc) is 3.03. The maximum Gasteiger partial charge on any atom is 0.239 e. The lowest BCUT2D eigenvalue weighted by atomic mass is 9.97. The van der Waals surface area contributed by atoms with Crippen LogP contribution in [-0.2, 0) is 0 Å². The van der Waals surface area contributed by atoms with Gasteiger partial charge in [0, 0.05) is 61.9 Å². The predicted molar refractivity (Wildman–Crippen MR) is 177 cm³/mol. The topological polar surface area (TPSA) is 104 Å². The lowest BCUT2D eigenvalue weighted by molar-refractivity contribution is 0.736. The molecule has 9 nitrogen and oxygen atoms in total. The van der Waals surface area contributed by atoms with Crippen LogP contribution in [-0.4, -0.2) is 56.6 Å². The number of benzene rings is 3. The summed E-state index contributed by atoms with van der Waals surface area (Å²) in [6, 6.07) is 22.1. The van der Waals surface area contributed by atoms with Crippen molar-refractivity contribution in [3.63, 3.8) is 0 Å². The number of rotatable bonds is 7. The Morgan fingerprint density at radius 2 is 1.49 bits per heavy atom. The summed E-state index contributed by atoms with van der Waals surface area (Å²) in [5.74, 6) is 1.86. The number of nitrogens with zero attached hydrogens (tertiary/aromatic N) is 7. The van der Waals surface area contributed by atoms with Crippen molar-refractivity contribution in [3.8, 4) is 6.07 Å². The Morgan fingerprint density at radius 3 is 2.16 bits per heavy atom. The van der Waals surface area contributed by atoms with E-state index in [0.29, 0.717) is 29.2 Å². The minimum atomic E-state index is 0.403. The lowest BCUT2D eigenvalue weighted by Crippen LogP contribution is -2.42. The highest BCUT2D eigenvalue weighted by molar-refractivity contribution is 6.27. The molecular formula is C34H33N9. The fourth-order valence-electron chi connectivity index (χ4n) is 5.21. The van der Waals surface area contributed by atoms with Crippen LogP contribution in [0.5, 0.6) is 0 Å². The Hall–Kier alpha value is -5.49. The summed E-state index contributed by atoms with van der Waals surface area (Å²) >= 11 is 0. The molecule has 9 heteroatoms. The Morgan fingerprint density at radius 1 is 0.791 bits per heavy atom. The van der Waals surface area contributed by atoms with Gasteiger partial charge in [-0.15, -0.1) is 0 Å². The number of nitriles is 1. The molecule has 3 aromatic carbocycles.